The Morgan fingerprint density at radius 3 is 3.06 bits per heavy atom. The van der Waals surface area contributed by atoms with Crippen LogP contribution in [0.15, 0.2) is 11.6 Å². The van der Waals surface area contributed by atoms with E-state index in [4.69, 9.17) is 20.4 Å². The second-order valence-electron chi connectivity index (χ2n) is 4.79. The highest BCUT2D eigenvalue weighted by atomic mass is 31.2. The van der Waals surface area contributed by atoms with E-state index < -0.39 is 8.38 Å². The minimum Gasteiger partial charge on any atom is -0.367 e. The standard InChI is InChI=1S/C13H20NO3P/c1-5-13-8-10(2)11(9-15-13)12(13)17-18(4)16-7-6-14-3/h8,11-12H,5-7,9H2,1-2,4H3. The Hall–Kier alpha value is -0.460. The highest BCUT2D eigenvalue weighted by Gasteiger charge is 2.54. The molecule has 0 N–H and O–H groups in total. The minimum absolute atomic E-state index is 0.0894. The lowest BCUT2D eigenvalue weighted by Crippen LogP contribution is -2.36. The highest BCUT2D eigenvalue weighted by molar-refractivity contribution is 7.46. The molecular weight excluding hydrogens is 249 g/mol. The van der Waals surface area contributed by atoms with E-state index in [9.17, 15) is 0 Å². The first-order chi connectivity index (χ1) is 8.63. The first-order valence-corrected chi connectivity index (χ1v) is 7.95. The lowest BCUT2D eigenvalue weighted by molar-refractivity contribution is -0.0116. The van der Waals surface area contributed by atoms with Crippen LogP contribution >= 0.6 is 8.38 Å². The molecule has 100 valence electrons. The van der Waals surface area contributed by atoms with Gasteiger partial charge in [0.25, 0.3) is 0 Å². The second-order valence-corrected chi connectivity index (χ2v) is 6.14. The maximum Gasteiger partial charge on any atom is 0.238 e. The Bertz CT molecular complexity index is 379. The molecule has 4 unspecified atom stereocenters. The Morgan fingerprint density at radius 1 is 1.67 bits per heavy atom. The van der Waals surface area contributed by atoms with Gasteiger partial charge in [-0.3, -0.25) is 0 Å². The van der Waals surface area contributed by atoms with Gasteiger partial charge in [0.05, 0.1) is 6.61 Å². The van der Waals surface area contributed by atoms with E-state index in [0.717, 1.165) is 13.0 Å². The molecule has 2 rings (SSSR count). The SMILES string of the molecule is [C-]#[N+]CCOP(C)OC1C2COC1(CC)C=C2C. The number of rotatable bonds is 6. The number of nitrogens with zero attached hydrogens (tertiary/aromatic N) is 1. The maximum absolute atomic E-state index is 6.72. The van der Waals surface area contributed by atoms with Crippen molar-refractivity contribution in [1.82, 2.24) is 0 Å². The Kier molecular flexibility index (Phi) is 4.40. The van der Waals surface area contributed by atoms with Gasteiger partial charge in [0.1, 0.15) is 18.3 Å². The summed E-state index contributed by atoms with van der Waals surface area (Å²) in [6, 6.07) is 0. The van der Waals surface area contributed by atoms with Crippen molar-refractivity contribution in [2.75, 3.05) is 26.4 Å². The van der Waals surface area contributed by atoms with E-state index in [2.05, 4.69) is 24.8 Å². The molecule has 0 amide bonds. The molecule has 1 heterocycles. The van der Waals surface area contributed by atoms with Crippen molar-refractivity contribution in [1.29, 1.82) is 0 Å². The van der Waals surface area contributed by atoms with E-state index in [1.165, 1.54) is 5.57 Å². The van der Waals surface area contributed by atoms with Crippen molar-refractivity contribution >= 4 is 8.38 Å². The molecule has 0 aromatic heterocycles. The van der Waals surface area contributed by atoms with Gasteiger partial charge in [-0.15, -0.1) is 0 Å². The van der Waals surface area contributed by atoms with Crippen molar-refractivity contribution in [3.63, 3.8) is 0 Å². The molecule has 2 aliphatic rings. The van der Waals surface area contributed by atoms with Crippen LogP contribution in [0, 0.1) is 12.5 Å². The fourth-order valence-electron chi connectivity index (χ4n) is 2.71. The summed E-state index contributed by atoms with van der Waals surface area (Å²) < 4.78 is 17.5. The van der Waals surface area contributed by atoms with Gasteiger partial charge in [-0.25, -0.2) is 6.57 Å². The van der Waals surface area contributed by atoms with Crippen LogP contribution in [-0.4, -0.2) is 38.1 Å². The molecule has 18 heavy (non-hydrogen) atoms. The lowest BCUT2D eigenvalue weighted by atomic mass is 9.96. The average Bonchev–Trinajstić information content (AvgIpc) is 2.81. The van der Waals surface area contributed by atoms with Crippen LogP contribution < -0.4 is 0 Å². The molecule has 0 aromatic rings. The molecule has 5 heteroatoms. The second kappa shape index (κ2) is 5.67. The van der Waals surface area contributed by atoms with Gasteiger partial charge < -0.3 is 18.6 Å². The summed E-state index contributed by atoms with van der Waals surface area (Å²) in [5.41, 5.74) is 1.13. The van der Waals surface area contributed by atoms with Crippen molar-refractivity contribution < 1.29 is 13.8 Å². The van der Waals surface area contributed by atoms with Gasteiger partial charge in [0.15, 0.2) is 8.38 Å². The smallest absolute Gasteiger partial charge is 0.238 e. The summed E-state index contributed by atoms with van der Waals surface area (Å²) in [5.74, 6) is 0.374. The van der Waals surface area contributed by atoms with Crippen LogP contribution in [0.25, 0.3) is 4.85 Å². The van der Waals surface area contributed by atoms with Gasteiger partial charge in [-0.05, 0) is 13.3 Å². The Morgan fingerprint density at radius 2 is 2.44 bits per heavy atom. The number of fused-ring (bicyclic) bond motifs is 2. The molecular formula is C13H20NO3P. The van der Waals surface area contributed by atoms with E-state index in [1.807, 2.05) is 6.66 Å². The quantitative estimate of drug-likeness (QED) is 0.321. The number of hydrogen-bond donors (Lipinski definition) is 0. The van der Waals surface area contributed by atoms with Gasteiger partial charge in [-0.2, -0.15) is 0 Å². The van der Waals surface area contributed by atoms with Crippen molar-refractivity contribution in [3.05, 3.63) is 23.1 Å². The first kappa shape index (κ1) is 14.0. The third kappa shape index (κ3) is 2.46. The van der Waals surface area contributed by atoms with Crippen LogP contribution in [0.3, 0.4) is 0 Å². The van der Waals surface area contributed by atoms with Crippen molar-refractivity contribution in [2.45, 2.75) is 32.0 Å². The normalized spacial score (nSPS) is 35.3. The van der Waals surface area contributed by atoms with Crippen LogP contribution in [0.4, 0.5) is 0 Å². The Balaban J connectivity index is 1.93. The number of ether oxygens (including phenoxy) is 1. The topological polar surface area (TPSA) is 32.0 Å². The zero-order valence-electron chi connectivity index (χ0n) is 11.2. The summed E-state index contributed by atoms with van der Waals surface area (Å²) in [7, 11) is -0.930. The fraction of sp³-hybridized carbons (Fsp3) is 0.769. The predicted molar refractivity (Wildman–Crippen MR) is 71.4 cm³/mol. The summed E-state index contributed by atoms with van der Waals surface area (Å²) >= 11 is 0. The van der Waals surface area contributed by atoms with Crippen LogP contribution in [0.1, 0.15) is 20.3 Å². The third-order valence-corrected chi connectivity index (χ3v) is 4.80. The minimum atomic E-state index is -0.930. The fourth-order valence-corrected chi connectivity index (χ4v) is 3.76. The highest BCUT2D eigenvalue weighted by Crippen LogP contribution is 2.51. The van der Waals surface area contributed by atoms with Gasteiger partial charge in [-0.1, -0.05) is 18.6 Å². The summed E-state index contributed by atoms with van der Waals surface area (Å²) in [6.07, 6.45) is 3.23. The van der Waals surface area contributed by atoms with E-state index in [-0.39, 0.29) is 11.7 Å². The molecule has 1 fully saturated rings. The van der Waals surface area contributed by atoms with Crippen LogP contribution in [0.5, 0.6) is 0 Å². The summed E-state index contributed by atoms with van der Waals surface area (Å²) in [4.78, 5) is 3.27. The average molecular weight is 269 g/mol. The van der Waals surface area contributed by atoms with E-state index in [0.29, 0.717) is 19.1 Å². The number of hydrogen-bond acceptors (Lipinski definition) is 3. The molecule has 2 bridgehead atoms. The molecule has 0 radical (unpaired) electrons. The Labute approximate surface area is 110 Å². The molecule has 0 spiro atoms. The van der Waals surface area contributed by atoms with Gasteiger partial charge in [0, 0.05) is 12.6 Å². The molecule has 1 saturated heterocycles. The zero-order valence-corrected chi connectivity index (χ0v) is 12.1. The molecule has 1 aliphatic heterocycles. The molecule has 0 aromatic carbocycles. The van der Waals surface area contributed by atoms with Gasteiger partial charge >= 0.3 is 0 Å². The lowest BCUT2D eigenvalue weighted by Gasteiger charge is -2.29. The summed E-state index contributed by atoms with van der Waals surface area (Å²) in [6.45, 7) is 14.6. The maximum atomic E-state index is 6.72. The van der Waals surface area contributed by atoms with E-state index >= 15 is 0 Å². The van der Waals surface area contributed by atoms with Gasteiger partial charge in [0.2, 0.25) is 6.54 Å². The largest absolute Gasteiger partial charge is 0.367 e. The third-order valence-electron chi connectivity index (χ3n) is 3.73. The predicted octanol–water partition coefficient (Wildman–Crippen LogP) is 3.00. The molecule has 4 atom stereocenters. The van der Waals surface area contributed by atoms with Crippen LogP contribution in [0.2, 0.25) is 0 Å². The zero-order chi connectivity index (χ0) is 13.2. The molecule has 4 nitrogen and oxygen atoms in total. The molecule has 0 saturated carbocycles. The monoisotopic (exact) mass is 269 g/mol. The van der Waals surface area contributed by atoms with E-state index in [1.54, 1.807) is 0 Å². The molecule has 1 aliphatic carbocycles. The van der Waals surface area contributed by atoms with Crippen molar-refractivity contribution in [3.8, 4) is 0 Å². The first-order valence-electron chi connectivity index (χ1n) is 6.33. The summed E-state index contributed by atoms with van der Waals surface area (Å²) in [5, 5.41) is 0. The van der Waals surface area contributed by atoms with Crippen LogP contribution in [-0.2, 0) is 13.8 Å². The van der Waals surface area contributed by atoms with Crippen molar-refractivity contribution in [2.24, 2.45) is 5.92 Å².